The Morgan fingerprint density at radius 3 is 2.58 bits per heavy atom. The van der Waals surface area contributed by atoms with Gasteiger partial charge in [0.05, 0.1) is 4.88 Å². The standard InChI is InChI=1S/C16H23NOS/c18-16(17-13-8-5-6-9-13)15-11-12-7-3-1-2-4-10-14(12)19-15/h11,13H,1-10H2,(H,17,18). The fourth-order valence-electron chi connectivity index (χ4n) is 3.28. The number of carbonyl (C=O) groups is 1. The summed E-state index contributed by atoms with van der Waals surface area (Å²) in [6.45, 7) is 0. The van der Waals surface area contributed by atoms with Crippen molar-refractivity contribution < 1.29 is 4.79 Å². The summed E-state index contributed by atoms with van der Waals surface area (Å²) in [5.41, 5.74) is 1.45. The lowest BCUT2D eigenvalue weighted by molar-refractivity contribution is 0.0942. The maximum atomic E-state index is 12.3. The Balaban J connectivity index is 1.69. The SMILES string of the molecule is O=C(NC1CCCC1)c1cc2c(s1)CCCCCC2. The van der Waals surface area contributed by atoms with Crippen molar-refractivity contribution in [2.24, 2.45) is 0 Å². The molecule has 19 heavy (non-hydrogen) atoms. The third-order valence-electron chi connectivity index (χ3n) is 4.41. The van der Waals surface area contributed by atoms with Crippen molar-refractivity contribution >= 4 is 17.2 Å². The molecule has 2 aliphatic rings. The van der Waals surface area contributed by atoms with Gasteiger partial charge >= 0.3 is 0 Å². The normalized spacial score (nSPS) is 20.6. The molecule has 1 amide bonds. The van der Waals surface area contributed by atoms with Gasteiger partial charge in [-0.1, -0.05) is 25.7 Å². The van der Waals surface area contributed by atoms with Crippen LogP contribution in [0.5, 0.6) is 0 Å². The van der Waals surface area contributed by atoms with E-state index in [0.717, 1.165) is 17.7 Å². The Morgan fingerprint density at radius 2 is 1.79 bits per heavy atom. The van der Waals surface area contributed by atoms with E-state index < -0.39 is 0 Å². The first kappa shape index (κ1) is 13.2. The molecule has 3 rings (SSSR count). The molecular formula is C16H23NOS. The van der Waals surface area contributed by atoms with Crippen LogP contribution in [0, 0.1) is 0 Å². The summed E-state index contributed by atoms with van der Waals surface area (Å²) in [6, 6.07) is 2.59. The summed E-state index contributed by atoms with van der Waals surface area (Å²) in [6.07, 6.45) is 12.5. The maximum Gasteiger partial charge on any atom is 0.261 e. The van der Waals surface area contributed by atoms with Crippen LogP contribution in [0.4, 0.5) is 0 Å². The number of hydrogen-bond acceptors (Lipinski definition) is 2. The number of thiophene rings is 1. The molecule has 0 atom stereocenters. The second-order valence-electron chi connectivity index (χ2n) is 5.93. The van der Waals surface area contributed by atoms with Crippen LogP contribution in [0.25, 0.3) is 0 Å². The zero-order valence-electron chi connectivity index (χ0n) is 11.5. The predicted molar refractivity (Wildman–Crippen MR) is 79.9 cm³/mol. The fraction of sp³-hybridized carbons (Fsp3) is 0.688. The number of amides is 1. The van der Waals surface area contributed by atoms with Crippen LogP contribution in [0.15, 0.2) is 6.07 Å². The summed E-state index contributed by atoms with van der Waals surface area (Å²) in [5, 5.41) is 3.21. The number of carbonyl (C=O) groups excluding carboxylic acids is 1. The molecule has 1 fully saturated rings. The van der Waals surface area contributed by atoms with Gasteiger partial charge in [-0.15, -0.1) is 11.3 Å². The minimum absolute atomic E-state index is 0.170. The first-order valence-electron chi connectivity index (χ1n) is 7.75. The number of hydrogen-bond donors (Lipinski definition) is 1. The molecular weight excluding hydrogens is 254 g/mol. The zero-order valence-corrected chi connectivity index (χ0v) is 12.4. The van der Waals surface area contributed by atoms with Crippen LogP contribution in [0.3, 0.4) is 0 Å². The van der Waals surface area contributed by atoms with E-state index in [1.54, 1.807) is 11.3 Å². The lowest BCUT2D eigenvalue weighted by Gasteiger charge is -2.10. The number of rotatable bonds is 2. The molecule has 0 spiro atoms. The zero-order chi connectivity index (χ0) is 13.1. The quantitative estimate of drug-likeness (QED) is 0.867. The van der Waals surface area contributed by atoms with Gasteiger partial charge in [0.2, 0.25) is 0 Å². The van der Waals surface area contributed by atoms with E-state index in [1.807, 2.05) is 0 Å². The number of fused-ring (bicyclic) bond motifs is 1. The van der Waals surface area contributed by atoms with Crippen molar-refractivity contribution in [2.75, 3.05) is 0 Å². The van der Waals surface area contributed by atoms with Gasteiger partial charge in [0.25, 0.3) is 5.91 Å². The highest BCUT2D eigenvalue weighted by molar-refractivity contribution is 7.14. The lowest BCUT2D eigenvalue weighted by atomic mass is 10.00. The van der Waals surface area contributed by atoms with Crippen molar-refractivity contribution in [2.45, 2.75) is 70.3 Å². The third kappa shape index (κ3) is 3.19. The van der Waals surface area contributed by atoms with Crippen molar-refractivity contribution in [3.05, 3.63) is 21.4 Å². The average Bonchev–Trinajstić information content (AvgIpc) is 2.99. The van der Waals surface area contributed by atoms with Crippen molar-refractivity contribution in [1.29, 1.82) is 0 Å². The largest absolute Gasteiger partial charge is 0.349 e. The van der Waals surface area contributed by atoms with Gasteiger partial charge in [0.1, 0.15) is 0 Å². The number of aryl methyl sites for hydroxylation is 2. The molecule has 104 valence electrons. The molecule has 0 saturated heterocycles. The van der Waals surface area contributed by atoms with Crippen LogP contribution >= 0.6 is 11.3 Å². The topological polar surface area (TPSA) is 29.1 Å². The molecule has 2 aliphatic carbocycles. The van der Waals surface area contributed by atoms with Crippen LogP contribution in [-0.2, 0) is 12.8 Å². The first-order valence-corrected chi connectivity index (χ1v) is 8.57. The van der Waals surface area contributed by atoms with Crippen molar-refractivity contribution in [3.63, 3.8) is 0 Å². The second-order valence-corrected chi connectivity index (χ2v) is 7.06. The Hall–Kier alpha value is -0.830. The summed E-state index contributed by atoms with van der Waals surface area (Å²) in [4.78, 5) is 14.7. The molecule has 3 heteroatoms. The van der Waals surface area contributed by atoms with E-state index in [0.29, 0.717) is 6.04 Å². The first-order chi connectivity index (χ1) is 9.33. The second kappa shape index (κ2) is 6.08. The molecule has 1 aromatic rings. The van der Waals surface area contributed by atoms with Crippen LogP contribution < -0.4 is 5.32 Å². The highest BCUT2D eigenvalue weighted by Crippen LogP contribution is 2.29. The maximum absolute atomic E-state index is 12.3. The molecule has 0 bridgehead atoms. The molecule has 0 aromatic carbocycles. The average molecular weight is 277 g/mol. The molecule has 0 aliphatic heterocycles. The van der Waals surface area contributed by atoms with Crippen LogP contribution in [0.1, 0.15) is 71.5 Å². The molecule has 1 aromatic heterocycles. The van der Waals surface area contributed by atoms with E-state index in [1.165, 1.54) is 61.8 Å². The van der Waals surface area contributed by atoms with Gasteiger partial charge in [0.15, 0.2) is 0 Å². The smallest absolute Gasteiger partial charge is 0.261 e. The van der Waals surface area contributed by atoms with Gasteiger partial charge in [-0.3, -0.25) is 4.79 Å². The van der Waals surface area contributed by atoms with Crippen molar-refractivity contribution in [1.82, 2.24) is 5.32 Å². The van der Waals surface area contributed by atoms with Gasteiger partial charge in [0, 0.05) is 10.9 Å². The number of nitrogens with one attached hydrogen (secondary N) is 1. The predicted octanol–water partition coefficient (Wildman–Crippen LogP) is 4.08. The molecule has 0 unspecified atom stereocenters. The van der Waals surface area contributed by atoms with Gasteiger partial charge in [-0.05, 0) is 50.2 Å². The van der Waals surface area contributed by atoms with E-state index in [9.17, 15) is 4.79 Å². The van der Waals surface area contributed by atoms with Crippen LogP contribution in [-0.4, -0.2) is 11.9 Å². The highest BCUT2D eigenvalue weighted by atomic mass is 32.1. The van der Waals surface area contributed by atoms with E-state index in [2.05, 4.69) is 11.4 Å². The Labute approximate surface area is 119 Å². The minimum atomic E-state index is 0.170. The summed E-state index contributed by atoms with van der Waals surface area (Å²) in [7, 11) is 0. The molecule has 1 saturated carbocycles. The van der Waals surface area contributed by atoms with E-state index >= 15 is 0 Å². The fourth-order valence-corrected chi connectivity index (χ4v) is 4.44. The highest BCUT2D eigenvalue weighted by Gasteiger charge is 2.20. The molecule has 2 nitrogen and oxygen atoms in total. The lowest BCUT2D eigenvalue weighted by Crippen LogP contribution is -2.31. The molecule has 0 radical (unpaired) electrons. The Kier molecular flexibility index (Phi) is 4.21. The van der Waals surface area contributed by atoms with Crippen molar-refractivity contribution in [3.8, 4) is 0 Å². The van der Waals surface area contributed by atoms with Gasteiger partial charge < -0.3 is 5.32 Å². The van der Waals surface area contributed by atoms with E-state index in [4.69, 9.17) is 0 Å². The van der Waals surface area contributed by atoms with E-state index in [-0.39, 0.29) is 5.91 Å². The van der Waals surface area contributed by atoms with Gasteiger partial charge in [-0.25, -0.2) is 0 Å². The summed E-state index contributed by atoms with van der Waals surface area (Å²) in [5.74, 6) is 0.170. The summed E-state index contributed by atoms with van der Waals surface area (Å²) >= 11 is 1.74. The Bertz CT molecular complexity index is 420. The molecule has 1 heterocycles. The Morgan fingerprint density at radius 1 is 1.05 bits per heavy atom. The monoisotopic (exact) mass is 277 g/mol. The summed E-state index contributed by atoms with van der Waals surface area (Å²) < 4.78 is 0. The van der Waals surface area contributed by atoms with Crippen LogP contribution in [0.2, 0.25) is 0 Å². The molecule has 1 N–H and O–H groups in total. The third-order valence-corrected chi connectivity index (χ3v) is 5.65. The van der Waals surface area contributed by atoms with Gasteiger partial charge in [-0.2, -0.15) is 0 Å². The minimum Gasteiger partial charge on any atom is -0.349 e.